The van der Waals surface area contributed by atoms with Crippen LogP contribution in [0.5, 0.6) is 5.75 Å². The molecule has 5 nitrogen and oxygen atoms in total. The fourth-order valence-electron chi connectivity index (χ4n) is 4.52. The number of ether oxygens (including phenoxy) is 1. The number of hydrogen-bond acceptors (Lipinski definition) is 4. The van der Waals surface area contributed by atoms with E-state index >= 15 is 0 Å². The smallest absolute Gasteiger partial charge is 0.295 e. The van der Waals surface area contributed by atoms with Gasteiger partial charge in [-0.05, 0) is 44.4 Å². The first-order valence-electron chi connectivity index (χ1n) is 10.6. The lowest BCUT2D eigenvalue weighted by molar-refractivity contribution is -0.141. The van der Waals surface area contributed by atoms with Crippen molar-refractivity contribution in [2.45, 2.75) is 57.7 Å². The number of aliphatic hydroxyl groups is 1. The van der Waals surface area contributed by atoms with E-state index in [4.69, 9.17) is 4.74 Å². The van der Waals surface area contributed by atoms with Crippen LogP contribution in [0, 0.1) is 0 Å². The highest BCUT2D eigenvalue weighted by Crippen LogP contribution is 2.44. The van der Waals surface area contributed by atoms with Crippen molar-refractivity contribution in [3.63, 3.8) is 0 Å². The molecular formula is C25H27NO4. The third-order valence-corrected chi connectivity index (χ3v) is 5.79. The van der Waals surface area contributed by atoms with E-state index in [0.29, 0.717) is 11.3 Å². The number of carbonyl (C=O) groups excluding carboxylic acids is 2. The standard InChI is InChI=1S/C25H27NO4/c1-16(2)30-20-14-8-11-18(15-20)22-21(23(27)17-9-4-3-5-10-17)24(28)25(29)26(22)19-12-6-7-13-19/h3-5,8-11,14-16,19,22,27H,6-7,12-13H2,1-2H3/b23-21-. The molecule has 0 spiro atoms. The second-order valence-electron chi connectivity index (χ2n) is 8.25. The van der Waals surface area contributed by atoms with E-state index in [1.165, 1.54) is 0 Å². The first-order valence-corrected chi connectivity index (χ1v) is 10.6. The molecule has 0 radical (unpaired) electrons. The van der Waals surface area contributed by atoms with Gasteiger partial charge in [-0.3, -0.25) is 9.59 Å². The summed E-state index contributed by atoms with van der Waals surface area (Å²) in [4.78, 5) is 27.9. The zero-order valence-corrected chi connectivity index (χ0v) is 17.4. The minimum Gasteiger partial charge on any atom is -0.507 e. The fourth-order valence-corrected chi connectivity index (χ4v) is 4.52. The largest absolute Gasteiger partial charge is 0.507 e. The van der Waals surface area contributed by atoms with Crippen molar-refractivity contribution in [2.24, 2.45) is 0 Å². The predicted molar refractivity (Wildman–Crippen MR) is 115 cm³/mol. The van der Waals surface area contributed by atoms with Crippen LogP contribution in [-0.4, -0.2) is 33.8 Å². The minimum absolute atomic E-state index is 0.00203. The van der Waals surface area contributed by atoms with Gasteiger partial charge in [0, 0.05) is 11.6 Å². The van der Waals surface area contributed by atoms with E-state index in [-0.39, 0.29) is 23.5 Å². The van der Waals surface area contributed by atoms with Crippen molar-refractivity contribution >= 4 is 17.4 Å². The third-order valence-electron chi connectivity index (χ3n) is 5.79. The minimum atomic E-state index is -0.622. The third kappa shape index (κ3) is 3.72. The molecule has 30 heavy (non-hydrogen) atoms. The summed E-state index contributed by atoms with van der Waals surface area (Å²) >= 11 is 0. The maximum atomic E-state index is 13.1. The molecule has 2 aliphatic rings. The van der Waals surface area contributed by atoms with Crippen LogP contribution in [0.2, 0.25) is 0 Å². The number of amides is 1. The Morgan fingerprint density at radius 2 is 1.73 bits per heavy atom. The molecule has 2 aromatic carbocycles. The summed E-state index contributed by atoms with van der Waals surface area (Å²) in [5.41, 5.74) is 1.46. The maximum Gasteiger partial charge on any atom is 0.295 e. The number of Topliss-reactive ketones (excluding diaryl/α,β-unsaturated/α-hetero) is 1. The van der Waals surface area contributed by atoms with E-state index in [9.17, 15) is 14.7 Å². The second kappa shape index (κ2) is 8.34. The summed E-state index contributed by atoms with van der Waals surface area (Å²) in [6, 6.07) is 15.8. The summed E-state index contributed by atoms with van der Waals surface area (Å²) in [7, 11) is 0. The highest BCUT2D eigenvalue weighted by Gasteiger charge is 2.49. The maximum absolute atomic E-state index is 13.1. The Labute approximate surface area is 177 Å². The lowest BCUT2D eigenvalue weighted by Crippen LogP contribution is -2.37. The molecule has 0 bridgehead atoms. The van der Waals surface area contributed by atoms with E-state index in [0.717, 1.165) is 31.2 Å². The van der Waals surface area contributed by atoms with Crippen molar-refractivity contribution < 1.29 is 19.4 Å². The average molecular weight is 405 g/mol. The van der Waals surface area contributed by atoms with E-state index in [1.807, 2.05) is 44.2 Å². The Kier molecular flexibility index (Phi) is 5.62. The summed E-state index contributed by atoms with van der Waals surface area (Å²) in [5, 5.41) is 11.1. The van der Waals surface area contributed by atoms with Gasteiger partial charge in [-0.15, -0.1) is 0 Å². The van der Waals surface area contributed by atoms with Gasteiger partial charge in [-0.25, -0.2) is 0 Å². The fraction of sp³-hybridized carbons (Fsp3) is 0.360. The van der Waals surface area contributed by atoms with Gasteiger partial charge in [0.05, 0.1) is 17.7 Å². The molecule has 1 unspecified atom stereocenters. The van der Waals surface area contributed by atoms with Crippen LogP contribution in [0.3, 0.4) is 0 Å². The number of rotatable bonds is 5. The van der Waals surface area contributed by atoms with Gasteiger partial charge < -0.3 is 14.7 Å². The first kappa shape index (κ1) is 20.2. The lowest BCUT2D eigenvalue weighted by Gasteiger charge is -2.31. The van der Waals surface area contributed by atoms with Crippen molar-refractivity contribution in [3.8, 4) is 5.75 Å². The molecule has 1 saturated carbocycles. The molecule has 2 aromatic rings. The molecule has 5 heteroatoms. The van der Waals surface area contributed by atoms with Crippen molar-refractivity contribution in [1.82, 2.24) is 4.90 Å². The average Bonchev–Trinajstić information content (AvgIpc) is 3.35. The first-order chi connectivity index (χ1) is 14.5. The Hall–Kier alpha value is -3.08. The quantitative estimate of drug-likeness (QED) is 0.439. The van der Waals surface area contributed by atoms with Gasteiger partial charge in [0.15, 0.2) is 0 Å². The van der Waals surface area contributed by atoms with Gasteiger partial charge in [0.1, 0.15) is 11.5 Å². The van der Waals surface area contributed by atoms with Gasteiger partial charge >= 0.3 is 0 Å². The zero-order valence-electron chi connectivity index (χ0n) is 17.4. The van der Waals surface area contributed by atoms with Crippen LogP contribution in [-0.2, 0) is 9.59 Å². The summed E-state index contributed by atoms with van der Waals surface area (Å²) in [6.07, 6.45) is 3.82. The van der Waals surface area contributed by atoms with Gasteiger partial charge in [0.25, 0.3) is 11.7 Å². The molecule has 1 aliphatic heterocycles. The molecule has 1 aliphatic carbocycles. The molecule has 156 valence electrons. The second-order valence-corrected chi connectivity index (χ2v) is 8.25. The number of aliphatic hydroxyl groups excluding tert-OH is 1. The van der Waals surface area contributed by atoms with Crippen LogP contribution in [0.1, 0.15) is 56.7 Å². The topological polar surface area (TPSA) is 66.8 Å². The normalized spacial score (nSPS) is 21.6. The zero-order chi connectivity index (χ0) is 21.3. The van der Waals surface area contributed by atoms with Gasteiger partial charge in [0.2, 0.25) is 0 Å². The van der Waals surface area contributed by atoms with E-state index in [2.05, 4.69) is 0 Å². The molecule has 1 amide bonds. The number of likely N-dealkylation sites (tertiary alicyclic amines) is 1. The number of benzene rings is 2. The number of carbonyl (C=O) groups is 2. The molecular weight excluding hydrogens is 378 g/mol. The Morgan fingerprint density at radius 3 is 2.40 bits per heavy atom. The van der Waals surface area contributed by atoms with Gasteiger partial charge in [-0.1, -0.05) is 55.3 Å². The Balaban J connectivity index is 1.86. The Morgan fingerprint density at radius 1 is 1.03 bits per heavy atom. The van der Waals surface area contributed by atoms with Crippen LogP contribution in [0.15, 0.2) is 60.2 Å². The molecule has 4 rings (SSSR count). The SMILES string of the molecule is CC(C)Oc1cccc(C2/C(=C(/O)c3ccccc3)C(=O)C(=O)N2C2CCCC2)c1. The molecule has 1 saturated heterocycles. The van der Waals surface area contributed by atoms with E-state index in [1.54, 1.807) is 29.2 Å². The highest BCUT2D eigenvalue weighted by molar-refractivity contribution is 6.46. The van der Waals surface area contributed by atoms with Crippen LogP contribution < -0.4 is 4.74 Å². The van der Waals surface area contributed by atoms with Crippen LogP contribution in [0.4, 0.5) is 0 Å². The Bertz CT molecular complexity index is 974. The molecule has 2 fully saturated rings. The summed E-state index contributed by atoms with van der Waals surface area (Å²) in [6.45, 7) is 3.90. The van der Waals surface area contributed by atoms with Crippen LogP contribution in [0.25, 0.3) is 5.76 Å². The van der Waals surface area contributed by atoms with Crippen molar-refractivity contribution in [3.05, 3.63) is 71.3 Å². The lowest BCUT2D eigenvalue weighted by atomic mass is 9.94. The number of nitrogens with zero attached hydrogens (tertiary/aromatic N) is 1. The molecule has 1 atom stereocenters. The summed E-state index contributed by atoms with van der Waals surface area (Å²) < 4.78 is 5.84. The number of hydrogen-bond donors (Lipinski definition) is 1. The summed E-state index contributed by atoms with van der Waals surface area (Å²) in [5.74, 6) is -0.600. The molecule has 1 heterocycles. The molecule has 1 N–H and O–H groups in total. The van der Waals surface area contributed by atoms with Crippen LogP contribution >= 0.6 is 0 Å². The van der Waals surface area contributed by atoms with Crippen molar-refractivity contribution in [2.75, 3.05) is 0 Å². The van der Waals surface area contributed by atoms with E-state index < -0.39 is 17.7 Å². The van der Waals surface area contributed by atoms with Gasteiger partial charge in [-0.2, -0.15) is 0 Å². The predicted octanol–water partition coefficient (Wildman–Crippen LogP) is 4.84. The number of ketones is 1. The molecule has 0 aromatic heterocycles. The monoisotopic (exact) mass is 405 g/mol. The van der Waals surface area contributed by atoms with Crippen molar-refractivity contribution in [1.29, 1.82) is 0 Å². The highest BCUT2D eigenvalue weighted by atomic mass is 16.5.